The number of nitrogens with zero attached hydrogens (tertiary/aromatic N) is 2. The minimum Gasteiger partial charge on any atom is -0.497 e. The van der Waals surface area contributed by atoms with E-state index in [-0.39, 0.29) is 0 Å². The van der Waals surface area contributed by atoms with Crippen molar-refractivity contribution >= 4 is 5.96 Å². The van der Waals surface area contributed by atoms with Crippen molar-refractivity contribution in [3.63, 3.8) is 0 Å². The molecule has 1 heterocycles. The van der Waals surface area contributed by atoms with Crippen molar-refractivity contribution in [2.45, 2.75) is 32.7 Å². The lowest BCUT2D eigenvalue weighted by Gasteiger charge is -2.35. The van der Waals surface area contributed by atoms with Crippen molar-refractivity contribution in [1.29, 1.82) is 0 Å². The van der Waals surface area contributed by atoms with Crippen molar-refractivity contribution in [3.8, 4) is 5.75 Å². The number of benzene rings is 1. The van der Waals surface area contributed by atoms with Gasteiger partial charge in [-0.15, -0.1) is 0 Å². The summed E-state index contributed by atoms with van der Waals surface area (Å²) in [5.74, 6) is 2.43. The van der Waals surface area contributed by atoms with Crippen molar-refractivity contribution in [2.24, 2.45) is 10.9 Å². The Morgan fingerprint density at radius 1 is 1.19 bits per heavy atom. The van der Waals surface area contributed by atoms with Gasteiger partial charge in [0.1, 0.15) is 5.75 Å². The number of guanidine groups is 1. The average Bonchev–Trinajstić information content (AvgIpc) is 2.70. The molecule has 1 aromatic carbocycles. The molecule has 1 aromatic rings. The van der Waals surface area contributed by atoms with Gasteiger partial charge >= 0.3 is 0 Å². The first-order valence-electron chi connectivity index (χ1n) is 10.0. The summed E-state index contributed by atoms with van der Waals surface area (Å²) in [6.45, 7) is 10.0. The molecule has 6 heteroatoms. The van der Waals surface area contributed by atoms with E-state index in [0.717, 1.165) is 57.5 Å². The van der Waals surface area contributed by atoms with E-state index in [1.54, 1.807) is 7.11 Å². The first-order chi connectivity index (χ1) is 13.1. The van der Waals surface area contributed by atoms with E-state index in [4.69, 9.17) is 9.47 Å². The topological polar surface area (TPSA) is 58.1 Å². The lowest BCUT2D eigenvalue weighted by molar-refractivity contribution is 0.0132. The van der Waals surface area contributed by atoms with Crippen LogP contribution in [0.1, 0.15) is 25.8 Å². The highest BCUT2D eigenvalue weighted by Crippen LogP contribution is 2.13. The Morgan fingerprint density at radius 3 is 2.48 bits per heavy atom. The zero-order chi connectivity index (χ0) is 19.5. The van der Waals surface area contributed by atoms with Crippen LogP contribution in [0.15, 0.2) is 29.3 Å². The van der Waals surface area contributed by atoms with Crippen molar-refractivity contribution in [1.82, 2.24) is 15.5 Å². The van der Waals surface area contributed by atoms with Gasteiger partial charge < -0.3 is 20.1 Å². The highest BCUT2D eigenvalue weighted by Gasteiger charge is 2.22. The number of methoxy groups -OCH3 is 1. The van der Waals surface area contributed by atoms with Crippen LogP contribution in [0.3, 0.4) is 0 Å². The van der Waals surface area contributed by atoms with Crippen molar-refractivity contribution in [3.05, 3.63) is 29.8 Å². The average molecular weight is 377 g/mol. The molecule has 152 valence electrons. The Labute approximate surface area is 164 Å². The van der Waals surface area contributed by atoms with Crippen LogP contribution in [-0.2, 0) is 11.2 Å². The molecule has 27 heavy (non-hydrogen) atoms. The maximum atomic E-state index is 5.51. The van der Waals surface area contributed by atoms with Crippen LogP contribution < -0.4 is 15.4 Å². The molecule has 0 aromatic heterocycles. The molecule has 0 saturated carbocycles. The molecule has 6 nitrogen and oxygen atoms in total. The Balaban J connectivity index is 1.77. The van der Waals surface area contributed by atoms with Gasteiger partial charge in [0.15, 0.2) is 5.96 Å². The molecule has 1 fully saturated rings. The number of hydrogen-bond donors (Lipinski definition) is 2. The van der Waals surface area contributed by atoms with Crippen molar-refractivity contribution in [2.75, 3.05) is 53.6 Å². The highest BCUT2D eigenvalue weighted by atomic mass is 16.5. The van der Waals surface area contributed by atoms with Crippen LogP contribution in [0, 0.1) is 5.92 Å². The van der Waals surface area contributed by atoms with E-state index in [1.807, 2.05) is 19.2 Å². The molecule has 1 aliphatic heterocycles. The quantitative estimate of drug-likeness (QED) is 0.511. The molecule has 1 saturated heterocycles. The minimum absolute atomic E-state index is 0.508. The summed E-state index contributed by atoms with van der Waals surface area (Å²) in [6, 6.07) is 8.72. The van der Waals surface area contributed by atoms with Gasteiger partial charge in [0.05, 0.1) is 20.3 Å². The Kier molecular flexibility index (Phi) is 9.42. The molecule has 1 atom stereocenters. The molecular formula is C21H36N4O2. The summed E-state index contributed by atoms with van der Waals surface area (Å²) in [5, 5.41) is 6.94. The molecular weight excluding hydrogens is 340 g/mol. The summed E-state index contributed by atoms with van der Waals surface area (Å²) >= 11 is 0. The fourth-order valence-electron chi connectivity index (χ4n) is 3.40. The van der Waals surface area contributed by atoms with Crippen LogP contribution in [0.2, 0.25) is 0 Å². The molecule has 1 unspecified atom stereocenters. The van der Waals surface area contributed by atoms with E-state index in [0.29, 0.717) is 12.0 Å². The number of aliphatic imine (C=N–C) groups is 1. The highest BCUT2D eigenvalue weighted by molar-refractivity contribution is 5.79. The lowest BCUT2D eigenvalue weighted by atomic mass is 10.0. The van der Waals surface area contributed by atoms with Gasteiger partial charge in [-0.3, -0.25) is 9.89 Å². The van der Waals surface area contributed by atoms with Crippen LogP contribution >= 0.6 is 0 Å². The third-order valence-electron chi connectivity index (χ3n) is 4.90. The summed E-state index contributed by atoms with van der Waals surface area (Å²) in [5.41, 5.74) is 1.28. The van der Waals surface area contributed by atoms with Gasteiger partial charge in [-0.25, -0.2) is 0 Å². The molecule has 0 bridgehead atoms. The number of morpholine rings is 1. The van der Waals surface area contributed by atoms with E-state index >= 15 is 0 Å². The zero-order valence-corrected chi connectivity index (χ0v) is 17.3. The third kappa shape index (κ3) is 7.77. The fourth-order valence-corrected chi connectivity index (χ4v) is 3.40. The normalized spacial score (nSPS) is 17.0. The van der Waals surface area contributed by atoms with Gasteiger partial charge in [-0.2, -0.15) is 0 Å². The molecule has 1 aliphatic rings. The van der Waals surface area contributed by atoms with Gasteiger partial charge in [-0.05, 0) is 36.5 Å². The van der Waals surface area contributed by atoms with Crippen LogP contribution in [0.5, 0.6) is 5.75 Å². The van der Waals surface area contributed by atoms with E-state index in [2.05, 4.69) is 46.5 Å². The number of rotatable bonds is 9. The largest absolute Gasteiger partial charge is 0.497 e. The third-order valence-corrected chi connectivity index (χ3v) is 4.90. The molecule has 0 amide bonds. The maximum absolute atomic E-state index is 5.51. The summed E-state index contributed by atoms with van der Waals surface area (Å²) in [4.78, 5) is 6.92. The van der Waals surface area contributed by atoms with Crippen LogP contribution in [0.25, 0.3) is 0 Å². The monoisotopic (exact) mass is 376 g/mol. The fraction of sp³-hybridized carbons (Fsp3) is 0.667. The second-order valence-corrected chi connectivity index (χ2v) is 7.41. The molecule has 2 rings (SSSR count). The molecule has 2 N–H and O–H groups in total. The van der Waals surface area contributed by atoms with Crippen LogP contribution in [0.4, 0.5) is 0 Å². The smallest absolute Gasteiger partial charge is 0.191 e. The SMILES string of the molecule is CN=C(NCCc1ccc(OC)cc1)NCC(CC(C)C)N1CCOCC1. The Morgan fingerprint density at radius 2 is 1.89 bits per heavy atom. The molecule has 0 aliphatic carbocycles. The van der Waals surface area contributed by atoms with Crippen LogP contribution in [-0.4, -0.2) is 70.5 Å². The predicted molar refractivity (Wildman–Crippen MR) is 112 cm³/mol. The standard InChI is InChI=1S/C21H36N4O2/c1-17(2)15-19(25-11-13-27-14-12-25)16-24-21(22-3)23-10-9-18-5-7-20(26-4)8-6-18/h5-8,17,19H,9-16H2,1-4H3,(H2,22,23,24). The van der Waals surface area contributed by atoms with E-state index < -0.39 is 0 Å². The Bertz CT molecular complexity index is 554. The summed E-state index contributed by atoms with van der Waals surface area (Å²) in [6.07, 6.45) is 2.12. The predicted octanol–water partition coefficient (Wildman–Crippen LogP) is 2.15. The van der Waals surface area contributed by atoms with Crippen molar-refractivity contribution < 1.29 is 9.47 Å². The first-order valence-corrected chi connectivity index (χ1v) is 10.0. The Hall–Kier alpha value is -1.79. The molecule has 0 radical (unpaired) electrons. The molecule has 0 spiro atoms. The lowest BCUT2D eigenvalue weighted by Crippen LogP contribution is -2.51. The van der Waals surface area contributed by atoms with Gasteiger partial charge in [0, 0.05) is 39.3 Å². The number of hydrogen-bond acceptors (Lipinski definition) is 4. The maximum Gasteiger partial charge on any atom is 0.191 e. The second kappa shape index (κ2) is 11.8. The minimum atomic E-state index is 0.508. The number of ether oxygens (including phenoxy) is 2. The van der Waals surface area contributed by atoms with Gasteiger partial charge in [0.2, 0.25) is 0 Å². The first kappa shape index (κ1) is 21.5. The van der Waals surface area contributed by atoms with Gasteiger partial charge in [0.25, 0.3) is 0 Å². The van der Waals surface area contributed by atoms with E-state index in [9.17, 15) is 0 Å². The zero-order valence-electron chi connectivity index (χ0n) is 17.3. The van der Waals surface area contributed by atoms with E-state index in [1.165, 1.54) is 12.0 Å². The summed E-state index contributed by atoms with van der Waals surface area (Å²) in [7, 11) is 3.52. The number of nitrogens with one attached hydrogen (secondary N) is 2. The summed E-state index contributed by atoms with van der Waals surface area (Å²) < 4.78 is 10.7. The second-order valence-electron chi connectivity index (χ2n) is 7.41. The van der Waals surface area contributed by atoms with Gasteiger partial charge in [-0.1, -0.05) is 26.0 Å².